The number of rotatable bonds is 31. The zero-order valence-electron chi connectivity index (χ0n) is 36.8. The number of carbonyl (C=O) groups is 3. The molecule has 2 amide bonds. The largest absolute Gasteiger partial charge is 0.481 e. The number of nitrogens with one attached hydrogen (secondary N) is 2. The molecule has 8 atom stereocenters. The molecule has 1 aliphatic heterocycles. The standard InChI is InChI=1S/C37H62N7O18P3S/c1-4-5-6-7-8-9-10-11-12-13-14-15-25(45)20-28(47)66-19-18-39-27(46)16-17-40-35(50)32(49)37(2,3)22-59-65(56,57)62-64(54,55)58-21-26-31(61-63(51,52)53)30(48)36(60-26)44-24-43-29-33(38)41-23-42-34(29)44/h8-9,11-12,23-26,30-32,36,45,48-49H,4-7,10,13-22H2,1-3H3,(H,39,46)(H,40,50)(H,54,55)(H,56,57)(H2,38,41,42)(H2,51,52,53). The molecule has 3 heterocycles. The minimum Gasteiger partial charge on any atom is -0.393 e. The molecule has 374 valence electrons. The van der Waals surface area contributed by atoms with Gasteiger partial charge in [0.05, 0.1) is 25.6 Å². The number of allylic oxidation sites excluding steroid dienone is 4. The van der Waals surface area contributed by atoms with Gasteiger partial charge >= 0.3 is 23.5 Å². The van der Waals surface area contributed by atoms with E-state index in [1.165, 1.54) is 33.1 Å². The lowest BCUT2D eigenvalue weighted by molar-refractivity contribution is -0.137. The van der Waals surface area contributed by atoms with Crippen LogP contribution in [0.2, 0.25) is 0 Å². The summed E-state index contributed by atoms with van der Waals surface area (Å²) in [4.78, 5) is 88.3. The van der Waals surface area contributed by atoms with Crippen LogP contribution in [0.25, 0.3) is 11.2 Å². The van der Waals surface area contributed by atoms with Gasteiger partial charge in [0.1, 0.15) is 36.3 Å². The molecular formula is C37H62N7O18P3S. The van der Waals surface area contributed by atoms with Gasteiger partial charge in [0.2, 0.25) is 11.8 Å². The molecule has 25 nitrogen and oxygen atoms in total. The summed E-state index contributed by atoms with van der Waals surface area (Å²) in [6.45, 7) is 2.54. The van der Waals surface area contributed by atoms with E-state index in [0.717, 1.165) is 54.7 Å². The number of nitrogens with zero attached hydrogens (tertiary/aromatic N) is 4. The number of aromatic nitrogens is 4. The van der Waals surface area contributed by atoms with Crippen molar-refractivity contribution in [2.75, 3.05) is 37.8 Å². The smallest absolute Gasteiger partial charge is 0.393 e. The molecule has 0 bridgehead atoms. The van der Waals surface area contributed by atoms with Gasteiger partial charge in [0.25, 0.3) is 0 Å². The van der Waals surface area contributed by atoms with Crippen molar-refractivity contribution >= 4 is 69.1 Å². The van der Waals surface area contributed by atoms with Crippen molar-refractivity contribution in [3.63, 3.8) is 0 Å². The number of anilines is 1. The first-order valence-electron chi connectivity index (χ1n) is 21.0. The molecule has 8 unspecified atom stereocenters. The van der Waals surface area contributed by atoms with Gasteiger partial charge in [-0.25, -0.2) is 28.6 Å². The highest BCUT2D eigenvalue weighted by Crippen LogP contribution is 2.61. The first-order chi connectivity index (χ1) is 30.9. The molecule has 0 radical (unpaired) electrons. The van der Waals surface area contributed by atoms with E-state index < -0.39 is 90.7 Å². The van der Waals surface area contributed by atoms with Gasteiger partial charge in [-0.05, 0) is 38.5 Å². The van der Waals surface area contributed by atoms with Crippen molar-refractivity contribution in [3.05, 3.63) is 37.0 Å². The maximum atomic E-state index is 12.7. The Bertz CT molecular complexity index is 2090. The fourth-order valence-corrected chi connectivity index (χ4v) is 9.71. The first kappa shape index (κ1) is 57.3. The number of phosphoric acid groups is 3. The minimum absolute atomic E-state index is 0.00922. The van der Waals surface area contributed by atoms with E-state index in [4.69, 9.17) is 19.5 Å². The van der Waals surface area contributed by atoms with E-state index in [2.05, 4.69) is 65.6 Å². The highest BCUT2D eigenvalue weighted by atomic mass is 32.2. The SMILES string of the molecule is CCCCCC=CCC=CCCCC(O)CC(=O)SCCNC(=O)CCNC(=O)C(O)C(C)(C)COP(=O)(O)OP(=O)(O)OCC1OC(n2cnc3c(N)ncnc32)C(O)C1OP(=O)(O)O. The summed E-state index contributed by atoms with van der Waals surface area (Å²) in [7, 11) is -16.4. The molecule has 66 heavy (non-hydrogen) atoms. The Labute approximate surface area is 385 Å². The molecule has 2 aromatic heterocycles. The fraction of sp³-hybridized carbons (Fsp3) is 0.676. The Hall–Kier alpha value is -3.00. The Balaban J connectivity index is 1.35. The fourth-order valence-electron chi connectivity index (χ4n) is 6.14. The molecule has 1 aliphatic rings. The summed E-state index contributed by atoms with van der Waals surface area (Å²) in [5, 5.41) is 36.5. The van der Waals surface area contributed by atoms with Crippen LogP contribution in [0, 0.1) is 5.41 Å². The summed E-state index contributed by atoms with van der Waals surface area (Å²) in [5.74, 6) is -1.25. The predicted molar refractivity (Wildman–Crippen MR) is 239 cm³/mol. The summed E-state index contributed by atoms with van der Waals surface area (Å²) >= 11 is 0.977. The number of nitrogens with two attached hydrogens (primary N) is 1. The Kier molecular flexibility index (Phi) is 23.7. The number of amides is 2. The van der Waals surface area contributed by atoms with Crippen LogP contribution in [0.1, 0.15) is 91.2 Å². The number of aliphatic hydroxyl groups is 3. The molecule has 3 rings (SSSR count). The first-order valence-corrected chi connectivity index (χ1v) is 26.5. The zero-order chi connectivity index (χ0) is 49.1. The molecular weight excluding hydrogens is 955 g/mol. The number of nitrogen functional groups attached to an aromatic ring is 1. The lowest BCUT2D eigenvalue weighted by Gasteiger charge is -2.30. The Morgan fingerprint density at radius 2 is 1.65 bits per heavy atom. The summed E-state index contributed by atoms with van der Waals surface area (Å²) in [6.07, 6.45) is 8.36. The summed E-state index contributed by atoms with van der Waals surface area (Å²) < 4.78 is 62.3. The third kappa shape index (κ3) is 20.3. The highest BCUT2D eigenvalue weighted by Gasteiger charge is 2.50. The van der Waals surface area contributed by atoms with Crippen molar-refractivity contribution < 1.29 is 85.6 Å². The van der Waals surface area contributed by atoms with E-state index in [-0.39, 0.29) is 53.8 Å². The van der Waals surface area contributed by atoms with Crippen molar-refractivity contribution in [2.24, 2.45) is 5.41 Å². The van der Waals surface area contributed by atoms with Gasteiger partial charge in [0, 0.05) is 37.1 Å². The van der Waals surface area contributed by atoms with Crippen LogP contribution >= 0.6 is 35.2 Å². The Morgan fingerprint density at radius 3 is 2.33 bits per heavy atom. The van der Waals surface area contributed by atoms with Crippen molar-refractivity contribution in [3.8, 4) is 0 Å². The van der Waals surface area contributed by atoms with Crippen LogP contribution in [-0.2, 0) is 50.7 Å². The molecule has 0 aromatic carbocycles. The maximum Gasteiger partial charge on any atom is 0.481 e. The molecule has 2 aromatic rings. The molecule has 0 saturated carbocycles. The van der Waals surface area contributed by atoms with Crippen LogP contribution in [0.15, 0.2) is 37.0 Å². The lowest BCUT2D eigenvalue weighted by Crippen LogP contribution is -2.46. The molecule has 1 fully saturated rings. The second-order valence-electron chi connectivity index (χ2n) is 15.8. The number of ether oxygens (including phenoxy) is 1. The number of unbranched alkanes of at least 4 members (excludes halogenated alkanes) is 4. The van der Waals surface area contributed by atoms with Gasteiger partial charge in [-0.15, -0.1) is 0 Å². The third-order valence-electron chi connectivity index (χ3n) is 9.66. The topological polar surface area (TPSA) is 384 Å². The van der Waals surface area contributed by atoms with E-state index >= 15 is 0 Å². The zero-order valence-corrected chi connectivity index (χ0v) is 40.3. The monoisotopic (exact) mass is 1020 g/mol. The second kappa shape index (κ2) is 27.3. The molecule has 1 saturated heterocycles. The maximum absolute atomic E-state index is 12.7. The number of carbonyl (C=O) groups excluding carboxylic acids is 3. The van der Waals surface area contributed by atoms with Gasteiger partial charge in [0.15, 0.2) is 22.8 Å². The number of phosphoric ester groups is 3. The lowest BCUT2D eigenvalue weighted by atomic mass is 9.87. The van der Waals surface area contributed by atoms with Crippen LogP contribution in [-0.4, -0.2) is 134 Å². The molecule has 0 spiro atoms. The van der Waals surface area contributed by atoms with E-state index in [0.29, 0.717) is 6.42 Å². The number of hydrogen-bond donors (Lipinski definition) is 10. The van der Waals surface area contributed by atoms with Crippen molar-refractivity contribution in [1.29, 1.82) is 0 Å². The minimum atomic E-state index is -5.59. The van der Waals surface area contributed by atoms with E-state index in [9.17, 15) is 63.0 Å². The highest BCUT2D eigenvalue weighted by molar-refractivity contribution is 8.13. The summed E-state index contributed by atoms with van der Waals surface area (Å²) in [6, 6.07) is 0. The average Bonchev–Trinajstić information content (AvgIpc) is 3.79. The second-order valence-corrected chi connectivity index (χ2v) is 21.1. The Morgan fingerprint density at radius 1 is 0.970 bits per heavy atom. The van der Waals surface area contributed by atoms with E-state index in [1.54, 1.807) is 0 Å². The molecule has 29 heteroatoms. The normalized spacial score (nSPS) is 20.9. The molecule has 11 N–H and O–H groups in total. The van der Waals surface area contributed by atoms with Crippen molar-refractivity contribution in [1.82, 2.24) is 30.2 Å². The summed E-state index contributed by atoms with van der Waals surface area (Å²) in [5.41, 5.74) is 4.24. The van der Waals surface area contributed by atoms with Crippen LogP contribution < -0.4 is 16.4 Å². The number of imidazole rings is 1. The number of hydrogen-bond acceptors (Lipinski definition) is 19. The number of fused-ring (bicyclic) bond motifs is 1. The van der Waals surface area contributed by atoms with Gasteiger partial charge in [-0.1, -0.05) is 69.7 Å². The molecule has 0 aliphatic carbocycles. The van der Waals surface area contributed by atoms with Crippen LogP contribution in [0.5, 0.6) is 0 Å². The van der Waals surface area contributed by atoms with Gasteiger partial charge in [-0.3, -0.25) is 32.5 Å². The van der Waals surface area contributed by atoms with Gasteiger partial charge in [-0.2, -0.15) is 4.31 Å². The quantitative estimate of drug-likeness (QED) is 0.0295. The van der Waals surface area contributed by atoms with E-state index in [1.807, 2.05) is 0 Å². The van der Waals surface area contributed by atoms with Crippen LogP contribution in [0.3, 0.4) is 0 Å². The third-order valence-corrected chi connectivity index (χ3v) is 13.7. The number of thioether (sulfide) groups is 1. The predicted octanol–water partition coefficient (Wildman–Crippen LogP) is 2.67. The van der Waals surface area contributed by atoms with Crippen LogP contribution in [0.4, 0.5) is 5.82 Å². The van der Waals surface area contributed by atoms with Gasteiger partial charge < -0.3 is 56.0 Å². The average molecular weight is 1020 g/mol. The number of aliphatic hydroxyl groups excluding tert-OH is 3. The van der Waals surface area contributed by atoms with Crippen molar-refractivity contribution in [2.45, 2.75) is 122 Å².